The molecule has 0 saturated carbocycles. The Morgan fingerprint density at radius 3 is 2.95 bits per heavy atom. The van der Waals surface area contributed by atoms with Crippen LogP contribution in [0.15, 0.2) is 6.20 Å². The molecule has 2 amide bonds. The number of amides is 2. The molecular formula is C12H17N5O2. The van der Waals surface area contributed by atoms with Crippen molar-refractivity contribution >= 4 is 17.8 Å². The van der Waals surface area contributed by atoms with Crippen LogP contribution in [0, 0.1) is 5.92 Å². The molecule has 7 nitrogen and oxygen atoms in total. The van der Waals surface area contributed by atoms with Crippen LogP contribution in [0.25, 0.3) is 0 Å². The topological polar surface area (TPSA) is 93.3 Å². The highest BCUT2D eigenvalue weighted by molar-refractivity contribution is 5.93. The van der Waals surface area contributed by atoms with E-state index in [-0.39, 0.29) is 17.7 Å². The van der Waals surface area contributed by atoms with E-state index in [9.17, 15) is 9.59 Å². The van der Waals surface area contributed by atoms with Gasteiger partial charge in [0, 0.05) is 32.4 Å². The summed E-state index contributed by atoms with van der Waals surface area (Å²) >= 11 is 0. The molecule has 3 heterocycles. The number of hydrogen-bond acceptors (Lipinski definition) is 4. The summed E-state index contributed by atoms with van der Waals surface area (Å²) < 4.78 is 1.96. The maximum Gasteiger partial charge on any atom is 0.274 e. The predicted octanol–water partition coefficient (Wildman–Crippen LogP) is -0.354. The number of aromatic nitrogens is 2. The van der Waals surface area contributed by atoms with Crippen LogP contribution in [0.3, 0.4) is 0 Å². The zero-order valence-electron chi connectivity index (χ0n) is 10.6. The van der Waals surface area contributed by atoms with Crippen LogP contribution in [0.1, 0.15) is 23.3 Å². The first-order valence-corrected chi connectivity index (χ1v) is 6.55. The van der Waals surface area contributed by atoms with E-state index in [1.165, 1.54) is 0 Å². The highest BCUT2D eigenvalue weighted by atomic mass is 16.2. The SMILES string of the molecule is NC(=O)C1CCN(C(=O)c2cn3c(n2)NCCC3)C1. The molecule has 0 spiro atoms. The normalized spacial score (nSPS) is 21.9. The molecule has 19 heavy (non-hydrogen) atoms. The highest BCUT2D eigenvalue weighted by Gasteiger charge is 2.31. The summed E-state index contributed by atoms with van der Waals surface area (Å²) in [5.41, 5.74) is 5.71. The fourth-order valence-electron chi connectivity index (χ4n) is 2.62. The maximum absolute atomic E-state index is 12.3. The molecule has 1 fully saturated rings. The minimum absolute atomic E-state index is 0.118. The third-order valence-electron chi connectivity index (χ3n) is 3.73. The van der Waals surface area contributed by atoms with E-state index in [0.717, 1.165) is 25.5 Å². The van der Waals surface area contributed by atoms with Gasteiger partial charge >= 0.3 is 0 Å². The van der Waals surface area contributed by atoms with Crippen molar-refractivity contribution < 1.29 is 9.59 Å². The van der Waals surface area contributed by atoms with Gasteiger partial charge in [-0.25, -0.2) is 4.98 Å². The lowest BCUT2D eigenvalue weighted by molar-refractivity contribution is -0.121. The number of nitrogens with one attached hydrogen (secondary N) is 1. The molecule has 0 bridgehead atoms. The zero-order chi connectivity index (χ0) is 13.4. The van der Waals surface area contributed by atoms with Gasteiger partial charge in [0.15, 0.2) is 0 Å². The molecule has 1 atom stereocenters. The van der Waals surface area contributed by atoms with Crippen molar-refractivity contribution in [2.24, 2.45) is 11.7 Å². The Labute approximate surface area is 110 Å². The molecule has 1 aromatic rings. The smallest absolute Gasteiger partial charge is 0.274 e. The number of carbonyl (C=O) groups excluding carboxylic acids is 2. The lowest BCUT2D eigenvalue weighted by Crippen LogP contribution is -2.31. The summed E-state index contributed by atoms with van der Waals surface area (Å²) in [6.45, 7) is 2.75. The van der Waals surface area contributed by atoms with Gasteiger partial charge in [0.1, 0.15) is 5.69 Å². The van der Waals surface area contributed by atoms with Crippen LogP contribution in [-0.4, -0.2) is 45.9 Å². The molecule has 2 aliphatic rings. The van der Waals surface area contributed by atoms with E-state index in [0.29, 0.717) is 25.2 Å². The van der Waals surface area contributed by atoms with E-state index in [1.807, 2.05) is 4.57 Å². The largest absolute Gasteiger partial charge is 0.369 e. The van der Waals surface area contributed by atoms with Gasteiger partial charge in [-0.2, -0.15) is 0 Å². The second-order valence-corrected chi connectivity index (χ2v) is 5.06. The molecule has 1 saturated heterocycles. The number of hydrogen-bond donors (Lipinski definition) is 2. The first-order chi connectivity index (χ1) is 9.15. The van der Waals surface area contributed by atoms with Crippen LogP contribution in [0.4, 0.5) is 5.95 Å². The van der Waals surface area contributed by atoms with E-state index >= 15 is 0 Å². The number of imidazole rings is 1. The molecule has 0 aliphatic carbocycles. The van der Waals surface area contributed by atoms with Crippen LogP contribution in [0.5, 0.6) is 0 Å². The van der Waals surface area contributed by atoms with Gasteiger partial charge in [-0.05, 0) is 12.8 Å². The number of rotatable bonds is 2. The van der Waals surface area contributed by atoms with Crippen LogP contribution < -0.4 is 11.1 Å². The number of likely N-dealkylation sites (tertiary alicyclic amines) is 1. The fourth-order valence-corrected chi connectivity index (χ4v) is 2.62. The fraction of sp³-hybridized carbons (Fsp3) is 0.583. The maximum atomic E-state index is 12.3. The van der Waals surface area contributed by atoms with Crippen molar-refractivity contribution in [2.75, 3.05) is 25.0 Å². The van der Waals surface area contributed by atoms with Crippen molar-refractivity contribution in [3.63, 3.8) is 0 Å². The number of anilines is 1. The van der Waals surface area contributed by atoms with Crippen LogP contribution >= 0.6 is 0 Å². The summed E-state index contributed by atoms with van der Waals surface area (Å²) in [5, 5.41) is 3.16. The van der Waals surface area contributed by atoms with Crippen molar-refractivity contribution in [1.82, 2.24) is 14.5 Å². The number of fused-ring (bicyclic) bond motifs is 1. The molecule has 1 aromatic heterocycles. The molecule has 2 aliphatic heterocycles. The number of nitrogens with two attached hydrogens (primary N) is 1. The van der Waals surface area contributed by atoms with Gasteiger partial charge in [0.05, 0.1) is 5.92 Å². The summed E-state index contributed by atoms with van der Waals surface area (Å²) in [5.74, 6) is 0.0770. The standard InChI is InChI=1S/C12H17N5O2/c13-10(18)8-2-5-16(6-8)11(19)9-7-17-4-1-3-14-12(17)15-9/h7-8H,1-6H2,(H2,13,18)(H,14,15). The van der Waals surface area contributed by atoms with Gasteiger partial charge in [0.25, 0.3) is 5.91 Å². The lowest BCUT2D eigenvalue weighted by atomic mass is 10.1. The zero-order valence-corrected chi connectivity index (χ0v) is 10.6. The van der Waals surface area contributed by atoms with E-state index < -0.39 is 0 Å². The average Bonchev–Trinajstić information content (AvgIpc) is 3.04. The van der Waals surface area contributed by atoms with Gasteiger partial charge < -0.3 is 20.5 Å². The predicted molar refractivity (Wildman–Crippen MR) is 68.5 cm³/mol. The second kappa shape index (κ2) is 4.56. The van der Waals surface area contributed by atoms with E-state index in [1.54, 1.807) is 11.1 Å². The number of carbonyl (C=O) groups is 2. The lowest BCUT2D eigenvalue weighted by Gasteiger charge is -2.14. The van der Waals surface area contributed by atoms with Crippen LogP contribution in [-0.2, 0) is 11.3 Å². The molecule has 1 unspecified atom stereocenters. The van der Waals surface area contributed by atoms with Crippen molar-refractivity contribution in [1.29, 1.82) is 0 Å². The number of primary amides is 1. The molecular weight excluding hydrogens is 246 g/mol. The van der Waals surface area contributed by atoms with Crippen molar-refractivity contribution in [3.05, 3.63) is 11.9 Å². The Hall–Kier alpha value is -2.05. The Balaban J connectivity index is 1.74. The molecule has 0 aromatic carbocycles. The molecule has 102 valence electrons. The van der Waals surface area contributed by atoms with E-state index in [4.69, 9.17) is 5.73 Å². The first-order valence-electron chi connectivity index (χ1n) is 6.55. The molecule has 7 heteroatoms. The Morgan fingerprint density at radius 2 is 2.26 bits per heavy atom. The second-order valence-electron chi connectivity index (χ2n) is 5.06. The van der Waals surface area contributed by atoms with E-state index in [2.05, 4.69) is 10.3 Å². The number of aryl methyl sites for hydroxylation is 1. The number of nitrogens with zero attached hydrogens (tertiary/aromatic N) is 3. The van der Waals surface area contributed by atoms with Crippen molar-refractivity contribution in [3.8, 4) is 0 Å². The third kappa shape index (κ3) is 2.16. The van der Waals surface area contributed by atoms with Gasteiger partial charge in [-0.3, -0.25) is 9.59 Å². The average molecular weight is 263 g/mol. The molecule has 3 rings (SSSR count). The highest BCUT2D eigenvalue weighted by Crippen LogP contribution is 2.20. The molecule has 0 radical (unpaired) electrons. The third-order valence-corrected chi connectivity index (χ3v) is 3.73. The Bertz CT molecular complexity index is 501. The Kier molecular flexibility index (Phi) is 2.88. The summed E-state index contributed by atoms with van der Waals surface area (Å²) in [7, 11) is 0. The van der Waals surface area contributed by atoms with Gasteiger partial charge in [-0.1, -0.05) is 0 Å². The molecule has 3 N–H and O–H groups in total. The minimum atomic E-state index is -0.332. The quantitative estimate of drug-likeness (QED) is 0.762. The first kappa shape index (κ1) is 12.0. The van der Waals surface area contributed by atoms with Crippen LogP contribution in [0.2, 0.25) is 0 Å². The summed E-state index contributed by atoms with van der Waals surface area (Å²) in [6, 6.07) is 0. The summed E-state index contributed by atoms with van der Waals surface area (Å²) in [6.07, 6.45) is 3.46. The minimum Gasteiger partial charge on any atom is -0.369 e. The summed E-state index contributed by atoms with van der Waals surface area (Å²) in [4.78, 5) is 29.4. The Morgan fingerprint density at radius 1 is 1.42 bits per heavy atom. The van der Waals surface area contributed by atoms with Gasteiger partial charge in [0.2, 0.25) is 11.9 Å². The van der Waals surface area contributed by atoms with Gasteiger partial charge in [-0.15, -0.1) is 0 Å². The van der Waals surface area contributed by atoms with Crippen molar-refractivity contribution in [2.45, 2.75) is 19.4 Å². The monoisotopic (exact) mass is 263 g/mol.